The molecule has 0 radical (unpaired) electrons. The maximum atomic E-state index is 8.72. The second-order valence-corrected chi connectivity index (χ2v) is 4.41. The van der Waals surface area contributed by atoms with Crippen molar-refractivity contribution in [2.45, 2.75) is 13.3 Å². The van der Waals surface area contributed by atoms with Crippen LogP contribution < -0.4 is 10.6 Å². The van der Waals surface area contributed by atoms with Crippen molar-refractivity contribution in [2.75, 3.05) is 37.4 Å². The third-order valence-electron chi connectivity index (χ3n) is 2.77. The second kappa shape index (κ2) is 7.10. The van der Waals surface area contributed by atoms with Crippen molar-refractivity contribution >= 4 is 23.0 Å². The fourth-order valence-corrected chi connectivity index (χ4v) is 1.99. The third kappa shape index (κ3) is 3.52. The van der Waals surface area contributed by atoms with Crippen LogP contribution >= 0.6 is 11.6 Å². The van der Waals surface area contributed by atoms with Crippen LogP contribution in [-0.2, 0) is 4.74 Å². The van der Waals surface area contributed by atoms with Crippen molar-refractivity contribution in [2.24, 2.45) is 0 Å². The smallest absolute Gasteiger partial charge is 0.0645 e. The molecule has 1 aromatic rings. The molecule has 0 aliphatic heterocycles. The molecule has 1 aromatic carbocycles. The van der Waals surface area contributed by atoms with Crippen LogP contribution in [0.1, 0.15) is 12.0 Å². The summed E-state index contributed by atoms with van der Waals surface area (Å²) in [4.78, 5) is 2.04. The number of hydrogen-bond donors (Lipinski definition) is 1. The zero-order chi connectivity index (χ0) is 13.5. The highest BCUT2D eigenvalue weighted by Crippen LogP contribution is 2.32. The van der Waals surface area contributed by atoms with Gasteiger partial charge >= 0.3 is 0 Å². The van der Waals surface area contributed by atoms with Gasteiger partial charge in [0, 0.05) is 25.2 Å². The van der Waals surface area contributed by atoms with Crippen molar-refractivity contribution in [3.8, 4) is 6.07 Å². The molecule has 0 aliphatic carbocycles. The lowest BCUT2D eigenvalue weighted by molar-refractivity contribution is 0.205. The molecule has 18 heavy (non-hydrogen) atoms. The number of methoxy groups -OCH3 is 1. The van der Waals surface area contributed by atoms with Gasteiger partial charge in [0.1, 0.15) is 0 Å². The molecule has 0 fully saturated rings. The van der Waals surface area contributed by atoms with Crippen molar-refractivity contribution in [3.63, 3.8) is 0 Å². The number of ether oxygens (including phenoxy) is 1. The zero-order valence-corrected chi connectivity index (χ0v) is 11.5. The van der Waals surface area contributed by atoms with E-state index in [9.17, 15) is 0 Å². The summed E-state index contributed by atoms with van der Waals surface area (Å²) in [5, 5.41) is 9.39. The molecule has 0 amide bonds. The average molecular weight is 268 g/mol. The summed E-state index contributed by atoms with van der Waals surface area (Å²) in [6.45, 7) is 3.81. The van der Waals surface area contributed by atoms with Gasteiger partial charge in [-0.05, 0) is 24.6 Å². The van der Waals surface area contributed by atoms with E-state index >= 15 is 0 Å². The predicted molar refractivity (Wildman–Crippen MR) is 74.9 cm³/mol. The Kier molecular flexibility index (Phi) is 5.76. The predicted octanol–water partition coefficient (Wildman–Crippen LogP) is 2.60. The maximum absolute atomic E-state index is 8.72. The van der Waals surface area contributed by atoms with Crippen molar-refractivity contribution in [1.82, 2.24) is 0 Å². The van der Waals surface area contributed by atoms with E-state index in [0.717, 1.165) is 11.3 Å². The molecule has 98 valence electrons. The summed E-state index contributed by atoms with van der Waals surface area (Å²) in [5.74, 6) is 0. The molecule has 5 heteroatoms. The number of rotatable bonds is 6. The van der Waals surface area contributed by atoms with Gasteiger partial charge in [-0.15, -0.1) is 0 Å². The highest BCUT2D eigenvalue weighted by atomic mass is 35.5. The van der Waals surface area contributed by atoms with Gasteiger partial charge in [-0.3, -0.25) is 0 Å². The highest BCUT2D eigenvalue weighted by molar-refractivity contribution is 6.32. The summed E-state index contributed by atoms with van der Waals surface area (Å²) in [7, 11) is 1.65. The van der Waals surface area contributed by atoms with E-state index in [1.54, 1.807) is 19.2 Å². The van der Waals surface area contributed by atoms with E-state index in [-0.39, 0.29) is 0 Å². The van der Waals surface area contributed by atoms with Crippen LogP contribution in [0.3, 0.4) is 0 Å². The highest BCUT2D eigenvalue weighted by Gasteiger charge is 2.14. The van der Waals surface area contributed by atoms with E-state index in [1.807, 2.05) is 11.8 Å². The summed E-state index contributed by atoms with van der Waals surface area (Å²) in [5.41, 5.74) is 8.52. The number of anilines is 2. The van der Waals surface area contributed by atoms with E-state index in [0.29, 0.717) is 36.8 Å². The summed E-state index contributed by atoms with van der Waals surface area (Å²) >= 11 is 6.12. The molecule has 0 aliphatic rings. The van der Waals surface area contributed by atoms with Crippen molar-refractivity contribution < 1.29 is 4.74 Å². The van der Waals surface area contributed by atoms with Gasteiger partial charge in [0.25, 0.3) is 0 Å². The lowest BCUT2D eigenvalue weighted by Gasteiger charge is -2.27. The molecular formula is C13H18ClN3O. The molecule has 0 unspecified atom stereocenters. The van der Waals surface area contributed by atoms with E-state index in [2.05, 4.69) is 6.07 Å². The Morgan fingerprint density at radius 2 is 2.17 bits per heavy atom. The lowest BCUT2D eigenvalue weighted by atomic mass is 10.1. The minimum atomic E-state index is 0.440. The average Bonchev–Trinajstić information content (AvgIpc) is 2.36. The minimum Gasteiger partial charge on any atom is -0.397 e. The quantitative estimate of drug-likeness (QED) is 0.805. The topological polar surface area (TPSA) is 62.3 Å². The Bertz CT molecular complexity index is 443. The number of nitrogens with zero attached hydrogens (tertiary/aromatic N) is 2. The van der Waals surface area contributed by atoms with Gasteiger partial charge in [0.05, 0.1) is 30.5 Å². The lowest BCUT2D eigenvalue weighted by Crippen LogP contribution is -2.29. The van der Waals surface area contributed by atoms with Crippen LogP contribution in [0.25, 0.3) is 0 Å². The van der Waals surface area contributed by atoms with E-state index in [1.165, 1.54) is 0 Å². The molecule has 0 saturated heterocycles. The van der Waals surface area contributed by atoms with Crippen LogP contribution in [0.15, 0.2) is 12.1 Å². The molecule has 0 atom stereocenters. The van der Waals surface area contributed by atoms with Crippen LogP contribution in [0, 0.1) is 18.3 Å². The van der Waals surface area contributed by atoms with Crippen LogP contribution in [0.2, 0.25) is 5.02 Å². The number of halogens is 1. The molecule has 0 spiro atoms. The van der Waals surface area contributed by atoms with Gasteiger partial charge in [-0.2, -0.15) is 5.26 Å². The monoisotopic (exact) mass is 267 g/mol. The normalized spacial score (nSPS) is 10.1. The van der Waals surface area contributed by atoms with Crippen molar-refractivity contribution in [1.29, 1.82) is 5.26 Å². The summed E-state index contributed by atoms with van der Waals surface area (Å²) < 4.78 is 5.09. The van der Waals surface area contributed by atoms with Crippen LogP contribution in [0.5, 0.6) is 0 Å². The van der Waals surface area contributed by atoms with Crippen LogP contribution in [-0.4, -0.2) is 26.8 Å². The fraction of sp³-hybridized carbons (Fsp3) is 0.462. The minimum absolute atomic E-state index is 0.440. The molecular weight excluding hydrogens is 250 g/mol. The summed E-state index contributed by atoms with van der Waals surface area (Å²) in [6.07, 6.45) is 0.440. The van der Waals surface area contributed by atoms with Gasteiger partial charge in [-0.1, -0.05) is 11.6 Å². The largest absolute Gasteiger partial charge is 0.397 e. The molecule has 1 rings (SSSR count). The first-order valence-corrected chi connectivity index (χ1v) is 6.15. The van der Waals surface area contributed by atoms with Crippen molar-refractivity contribution in [3.05, 3.63) is 22.7 Å². The fourth-order valence-electron chi connectivity index (χ4n) is 1.84. The molecule has 0 bridgehead atoms. The molecule has 0 saturated carbocycles. The Labute approximate surface area is 113 Å². The molecule has 4 nitrogen and oxygen atoms in total. The van der Waals surface area contributed by atoms with Gasteiger partial charge < -0.3 is 15.4 Å². The van der Waals surface area contributed by atoms with Crippen LogP contribution in [0.4, 0.5) is 11.4 Å². The first kappa shape index (κ1) is 14.6. The maximum Gasteiger partial charge on any atom is 0.0645 e. The Morgan fingerprint density at radius 1 is 1.44 bits per heavy atom. The Hall–Kier alpha value is -1.44. The zero-order valence-electron chi connectivity index (χ0n) is 10.7. The SMILES string of the molecule is COCCN(CCC#N)c1c(N)ccc(Cl)c1C. The Morgan fingerprint density at radius 3 is 2.78 bits per heavy atom. The number of benzene rings is 1. The first-order valence-electron chi connectivity index (χ1n) is 5.77. The molecule has 2 N–H and O–H groups in total. The van der Waals surface area contributed by atoms with Gasteiger partial charge in [0.2, 0.25) is 0 Å². The Balaban J connectivity index is 3.03. The number of hydrogen-bond acceptors (Lipinski definition) is 4. The number of nitriles is 1. The summed E-state index contributed by atoms with van der Waals surface area (Å²) in [6, 6.07) is 5.72. The number of nitrogen functional groups attached to an aromatic ring is 1. The third-order valence-corrected chi connectivity index (χ3v) is 3.18. The second-order valence-electron chi connectivity index (χ2n) is 4.00. The van der Waals surface area contributed by atoms with Gasteiger partial charge in [0.15, 0.2) is 0 Å². The molecule has 0 aromatic heterocycles. The standard InChI is InChI=1S/C13H18ClN3O/c1-10-11(14)4-5-12(16)13(10)17(7-3-6-15)8-9-18-2/h4-5H,3,7-9,16H2,1-2H3. The molecule has 0 heterocycles. The van der Waals surface area contributed by atoms with Gasteiger partial charge in [-0.25, -0.2) is 0 Å². The van der Waals surface area contributed by atoms with E-state index in [4.69, 9.17) is 27.3 Å². The first-order chi connectivity index (χ1) is 8.61. The van der Waals surface area contributed by atoms with E-state index < -0.39 is 0 Å². The number of nitrogens with two attached hydrogens (primary N) is 1.